The van der Waals surface area contributed by atoms with Crippen LogP contribution in [0.3, 0.4) is 0 Å². The van der Waals surface area contributed by atoms with E-state index in [1.807, 2.05) is 0 Å². The molecule has 3 rings (SSSR count). The largest absolute Gasteiger partial charge is 0.497 e. The molecule has 26 heavy (non-hydrogen) atoms. The molecule has 2 aromatic rings. The summed E-state index contributed by atoms with van der Waals surface area (Å²) in [5, 5.41) is 9.02. The summed E-state index contributed by atoms with van der Waals surface area (Å²) in [7, 11) is 1.57. The summed E-state index contributed by atoms with van der Waals surface area (Å²) in [4.78, 5) is 24.9. The minimum atomic E-state index is -1.14. The molecular weight excluding hydrogens is 341 g/mol. The molecule has 1 aliphatic heterocycles. The Morgan fingerprint density at radius 1 is 1.19 bits per heavy atom. The fourth-order valence-corrected chi connectivity index (χ4v) is 2.81. The van der Waals surface area contributed by atoms with Gasteiger partial charge < -0.3 is 19.5 Å². The Labute approximate surface area is 149 Å². The van der Waals surface area contributed by atoms with Crippen LogP contribution in [-0.2, 0) is 9.53 Å². The first kappa shape index (κ1) is 17.9. The molecule has 0 radical (unpaired) electrons. The van der Waals surface area contributed by atoms with Gasteiger partial charge in [-0.1, -0.05) is 18.2 Å². The van der Waals surface area contributed by atoms with Crippen LogP contribution in [0.15, 0.2) is 42.5 Å². The Bertz CT molecular complexity index is 821. The molecule has 7 heteroatoms. The van der Waals surface area contributed by atoms with Crippen LogP contribution >= 0.6 is 0 Å². The van der Waals surface area contributed by atoms with Gasteiger partial charge in [-0.3, -0.25) is 4.79 Å². The smallest absolute Gasteiger partial charge is 0.334 e. The zero-order valence-electron chi connectivity index (χ0n) is 14.1. The second-order valence-electron chi connectivity index (χ2n) is 5.87. The van der Waals surface area contributed by atoms with Gasteiger partial charge in [-0.15, -0.1) is 0 Å². The van der Waals surface area contributed by atoms with Crippen LogP contribution in [0.25, 0.3) is 11.1 Å². The first-order valence-corrected chi connectivity index (χ1v) is 8.07. The highest BCUT2D eigenvalue weighted by atomic mass is 19.1. The molecule has 1 unspecified atom stereocenters. The van der Waals surface area contributed by atoms with Crippen molar-refractivity contribution >= 4 is 11.9 Å². The van der Waals surface area contributed by atoms with E-state index in [1.54, 1.807) is 37.4 Å². The third kappa shape index (κ3) is 3.67. The maximum Gasteiger partial charge on any atom is 0.334 e. The van der Waals surface area contributed by atoms with E-state index in [1.165, 1.54) is 17.0 Å². The number of ether oxygens (including phenoxy) is 2. The number of hydrogen-bond donors (Lipinski definition) is 1. The molecule has 0 saturated carbocycles. The van der Waals surface area contributed by atoms with Gasteiger partial charge >= 0.3 is 5.97 Å². The molecule has 0 bridgehead atoms. The predicted octanol–water partition coefficient (Wildman–Crippen LogP) is 2.43. The van der Waals surface area contributed by atoms with Gasteiger partial charge in [0.1, 0.15) is 11.6 Å². The molecule has 1 aliphatic rings. The van der Waals surface area contributed by atoms with Gasteiger partial charge in [0, 0.05) is 6.54 Å². The SMILES string of the molecule is COc1ccc(-c2ccc(C(=O)N3CCOC(C(=O)O)C3)c(F)c2)cc1. The van der Waals surface area contributed by atoms with Crippen molar-refractivity contribution in [3.63, 3.8) is 0 Å². The molecule has 1 atom stereocenters. The van der Waals surface area contributed by atoms with Crippen LogP contribution in [0.4, 0.5) is 4.39 Å². The van der Waals surface area contributed by atoms with Gasteiger partial charge in [-0.2, -0.15) is 0 Å². The summed E-state index contributed by atoms with van der Waals surface area (Å²) < 4.78 is 24.7. The minimum Gasteiger partial charge on any atom is -0.497 e. The minimum absolute atomic E-state index is 0.0895. The zero-order chi connectivity index (χ0) is 18.7. The molecule has 1 heterocycles. The van der Waals surface area contributed by atoms with Gasteiger partial charge in [0.2, 0.25) is 0 Å². The number of carboxylic acid groups (broad SMARTS) is 1. The van der Waals surface area contributed by atoms with Gasteiger partial charge in [-0.05, 0) is 35.4 Å². The van der Waals surface area contributed by atoms with Crippen LogP contribution < -0.4 is 4.74 Å². The summed E-state index contributed by atoms with van der Waals surface area (Å²) >= 11 is 0. The number of aliphatic carboxylic acids is 1. The van der Waals surface area contributed by atoms with Gasteiger partial charge in [0.15, 0.2) is 6.10 Å². The molecule has 1 N–H and O–H groups in total. The standard InChI is InChI=1S/C19H18FNO5/c1-25-14-5-2-12(3-6-14)13-4-7-15(16(20)10-13)18(22)21-8-9-26-17(11-21)19(23)24/h2-7,10,17H,8-9,11H2,1H3,(H,23,24). The van der Waals surface area contributed by atoms with Crippen LogP contribution in [0.2, 0.25) is 0 Å². The summed E-state index contributed by atoms with van der Waals surface area (Å²) in [6.45, 7) is 0.227. The second-order valence-corrected chi connectivity index (χ2v) is 5.87. The fraction of sp³-hybridized carbons (Fsp3) is 0.263. The first-order chi connectivity index (χ1) is 12.5. The number of halogens is 1. The van der Waals surface area contributed by atoms with Gasteiger partial charge in [0.05, 0.1) is 25.8 Å². The lowest BCUT2D eigenvalue weighted by molar-refractivity contribution is -0.154. The van der Waals surface area contributed by atoms with E-state index in [9.17, 15) is 14.0 Å². The quantitative estimate of drug-likeness (QED) is 0.907. The van der Waals surface area contributed by atoms with E-state index in [4.69, 9.17) is 14.6 Å². The maximum atomic E-state index is 14.5. The topological polar surface area (TPSA) is 76.1 Å². The average Bonchev–Trinajstić information content (AvgIpc) is 2.67. The molecule has 1 amide bonds. The molecule has 0 aliphatic carbocycles. The van der Waals surface area contributed by atoms with Crippen molar-refractivity contribution in [1.82, 2.24) is 4.90 Å². The van der Waals surface area contributed by atoms with Crippen LogP contribution in [0, 0.1) is 5.82 Å². The third-order valence-electron chi connectivity index (χ3n) is 4.25. The van der Waals surface area contributed by atoms with E-state index in [2.05, 4.69) is 0 Å². The molecule has 6 nitrogen and oxygen atoms in total. The predicted molar refractivity (Wildman–Crippen MR) is 91.7 cm³/mol. The van der Waals surface area contributed by atoms with Crippen molar-refractivity contribution in [2.45, 2.75) is 6.10 Å². The zero-order valence-corrected chi connectivity index (χ0v) is 14.1. The lowest BCUT2D eigenvalue weighted by Crippen LogP contribution is -2.48. The molecule has 0 spiro atoms. The Balaban J connectivity index is 1.80. The number of methoxy groups -OCH3 is 1. The van der Waals surface area contributed by atoms with E-state index in [-0.39, 0.29) is 25.3 Å². The van der Waals surface area contributed by atoms with Crippen molar-refractivity contribution in [3.05, 3.63) is 53.8 Å². The van der Waals surface area contributed by atoms with E-state index in [0.29, 0.717) is 11.3 Å². The average molecular weight is 359 g/mol. The second kappa shape index (κ2) is 7.53. The summed E-state index contributed by atoms with van der Waals surface area (Å²) in [6.07, 6.45) is -1.09. The van der Waals surface area contributed by atoms with Crippen LogP contribution in [0.1, 0.15) is 10.4 Å². The Morgan fingerprint density at radius 2 is 1.88 bits per heavy atom. The van der Waals surface area contributed by atoms with E-state index in [0.717, 1.165) is 5.56 Å². The Morgan fingerprint density at radius 3 is 2.50 bits per heavy atom. The van der Waals surface area contributed by atoms with Crippen molar-refractivity contribution in [2.24, 2.45) is 0 Å². The lowest BCUT2D eigenvalue weighted by atomic mass is 10.0. The van der Waals surface area contributed by atoms with Crippen molar-refractivity contribution < 1.29 is 28.6 Å². The summed E-state index contributed by atoms with van der Waals surface area (Å²) in [5.74, 6) is -1.64. The maximum absolute atomic E-state index is 14.5. The Kier molecular flexibility index (Phi) is 5.18. The van der Waals surface area contributed by atoms with E-state index >= 15 is 0 Å². The number of nitrogens with zero attached hydrogens (tertiary/aromatic N) is 1. The molecule has 0 aromatic heterocycles. The van der Waals surface area contributed by atoms with Crippen molar-refractivity contribution in [1.29, 1.82) is 0 Å². The summed E-state index contributed by atoms with van der Waals surface area (Å²) in [5.41, 5.74) is 1.33. The molecule has 136 valence electrons. The molecule has 1 saturated heterocycles. The Hall–Kier alpha value is -2.93. The van der Waals surface area contributed by atoms with Crippen molar-refractivity contribution in [3.8, 4) is 16.9 Å². The third-order valence-corrected chi connectivity index (χ3v) is 4.25. The number of carbonyl (C=O) groups is 2. The highest BCUT2D eigenvalue weighted by Crippen LogP contribution is 2.25. The highest BCUT2D eigenvalue weighted by molar-refractivity contribution is 5.95. The number of benzene rings is 2. The van der Waals surface area contributed by atoms with Crippen LogP contribution in [0.5, 0.6) is 5.75 Å². The van der Waals surface area contributed by atoms with Crippen molar-refractivity contribution in [2.75, 3.05) is 26.8 Å². The number of amides is 1. The number of carbonyl (C=O) groups excluding carboxylic acids is 1. The van der Waals surface area contributed by atoms with Gasteiger partial charge in [-0.25, -0.2) is 9.18 Å². The number of rotatable bonds is 4. The molecule has 1 fully saturated rings. The number of hydrogen-bond acceptors (Lipinski definition) is 4. The number of carboxylic acids is 1. The van der Waals surface area contributed by atoms with E-state index < -0.39 is 23.8 Å². The van der Waals surface area contributed by atoms with Crippen LogP contribution in [-0.4, -0.2) is 54.8 Å². The molecular formula is C19H18FNO5. The lowest BCUT2D eigenvalue weighted by Gasteiger charge is -2.31. The normalized spacial score (nSPS) is 17.0. The summed E-state index contributed by atoms with van der Waals surface area (Å²) in [6, 6.07) is 11.5. The number of morpholine rings is 1. The molecule has 2 aromatic carbocycles. The fourth-order valence-electron chi connectivity index (χ4n) is 2.81. The highest BCUT2D eigenvalue weighted by Gasteiger charge is 2.30. The monoisotopic (exact) mass is 359 g/mol. The first-order valence-electron chi connectivity index (χ1n) is 8.07. The van der Waals surface area contributed by atoms with Gasteiger partial charge in [0.25, 0.3) is 5.91 Å².